The third-order valence-electron chi connectivity index (χ3n) is 4.32. The van der Waals surface area contributed by atoms with E-state index < -0.39 is 18.3 Å². The molecule has 2 fully saturated rings. The highest BCUT2D eigenvalue weighted by molar-refractivity contribution is 5.83. The average Bonchev–Trinajstić information content (AvgIpc) is 2.69. The van der Waals surface area contributed by atoms with Gasteiger partial charge in [0.1, 0.15) is 18.3 Å². The first kappa shape index (κ1) is 14.7. The first-order valence-corrected chi connectivity index (χ1v) is 7.13. The number of nitrogens with one attached hydrogen (secondary N) is 2. The maximum absolute atomic E-state index is 13.5. The zero-order valence-corrected chi connectivity index (χ0v) is 12.0. The van der Waals surface area contributed by atoms with Gasteiger partial charge >= 0.3 is 0 Å². The van der Waals surface area contributed by atoms with Crippen molar-refractivity contribution in [1.29, 1.82) is 0 Å². The number of amides is 1. The lowest BCUT2D eigenvalue weighted by atomic mass is 9.75. The van der Waals surface area contributed by atoms with E-state index in [0.717, 1.165) is 19.3 Å². The number of ether oxygens (including phenoxy) is 1. The number of methoxy groups -OCH3 is 1. The molecule has 0 radical (unpaired) electrons. The molecule has 1 saturated heterocycles. The maximum atomic E-state index is 13.5. The van der Waals surface area contributed by atoms with Gasteiger partial charge in [0.25, 0.3) is 0 Å². The SMILES string of the molecule is COC1C(F)CNC1C(=O)NC1CCCC(C)(C)C1. The number of hydrogen-bond acceptors (Lipinski definition) is 3. The van der Waals surface area contributed by atoms with Crippen LogP contribution in [0.4, 0.5) is 4.39 Å². The van der Waals surface area contributed by atoms with Gasteiger partial charge in [0.15, 0.2) is 0 Å². The van der Waals surface area contributed by atoms with Crippen molar-refractivity contribution in [2.45, 2.75) is 63.9 Å². The van der Waals surface area contributed by atoms with Gasteiger partial charge in [-0.3, -0.25) is 4.79 Å². The molecule has 1 heterocycles. The van der Waals surface area contributed by atoms with Gasteiger partial charge in [0.05, 0.1) is 0 Å². The third-order valence-corrected chi connectivity index (χ3v) is 4.32. The van der Waals surface area contributed by atoms with Crippen molar-refractivity contribution in [1.82, 2.24) is 10.6 Å². The number of rotatable bonds is 3. The standard InChI is InChI=1S/C14H25FN2O2/c1-14(2)6-4-5-9(7-14)17-13(18)11-12(19-3)10(15)8-16-11/h9-12,16H,4-8H2,1-3H3,(H,17,18). The molecular formula is C14H25FN2O2. The summed E-state index contributed by atoms with van der Waals surface area (Å²) >= 11 is 0. The predicted octanol–water partition coefficient (Wildman–Crippen LogP) is 1.40. The topological polar surface area (TPSA) is 50.4 Å². The number of carbonyl (C=O) groups is 1. The normalized spacial score (nSPS) is 38.1. The lowest BCUT2D eigenvalue weighted by Gasteiger charge is -2.36. The Labute approximate surface area is 114 Å². The fraction of sp³-hybridized carbons (Fsp3) is 0.929. The number of alkyl halides is 1. The van der Waals surface area contributed by atoms with Crippen molar-refractivity contribution in [3.05, 3.63) is 0 Å². The molecule has 2 rings (SSSR count). The van der Waals surface area contributed by atoms with Crippen molar-refractivity contribution in [2.24, 2.45) is 5.41 Å². The molecular weight excluding hydrogens is 247 g/mol. The molecule has 0 aromatic heterocycles. The zero-order chi connectivity index (χ0) is 14.0. The quantitative estimate of drug-likeness (QED) is 0.816. The van der Waals surface area contributed by atoms with Gasteiger partial charge < -0.3 is 15.4 Å². The van der Waals surface area contributed by atoms with Gasteiger partial charge in [-0.25, -0.2) is 4.39 Å². The van der Waals surface area contributed by atoms with Gasteiger partial charge in [0.2, 0.25) is 5.91 Å². The van der Waals surface area contributed by atoms with Crippen molar-refractivity contribution >= 4 is 5.91 Å². The summed E-state index contributed by atoms with van der Waals surface area (Å²) in [4.78, 5) is 12.2. The molecule has 4 atom stereocenters. The molecule has 4 unspecified atom stereocenters. The Morgan fingerprint density at radius 1 is 1.47 bits per heavy atom. The van der Waals surface area contributed by atoms with E-state index in [1.54, 1.807) is 0 Å². The van der Waals surface area contributed by atoms with Crippen LogP contribution in [0.1, 0.15) is 39.5 Å². The van der Waals surface area contributed by atoms with Crippen molar-refractivity contribution in [2.75, 3.05) is 13.7 Å². The van der Waals surface area contributed by atoms with Gasteiger partial charge in [-0.15, -0.1) is 0 Å². The van der Waals surface area contributed by atoms with Crippen LogP contribution < -0.4 is 10.6 Å². The molecule has 4 nitrogen and oxygen atoms in total. The summed E-state index contributed by atoms with van der Waals surface area (Å²) in [7, 11) is 1.45. The van der Waals surface area contributed by atoms with Crippen LogP contribution in [-0.2, 0) is 9.53 Å². The Morgan fingerprint density at radius 2 is 2.21 bits per heavy atom. The van der Waals surface area contributed by atoms with E-state index in [0.29, 0.717) is 0 Å². The summed E-state index contributed by atoms with van der Waals surface area (Å²) in [6.07, 6.45) is 2.56. The Kier molecular flexibility index (Phi) is 4.46. The van der Waals surface area contributed by atoms with Gasteiger partial charge in [-0.1, -0.05) is 20.3 Å². The van der Waals surface area contributed by atoms with E-state index >= 15 is 0 Å². The fourth-order valence-corrected chi connectivity index (χ4v) is 3.32. The van der Waals surface area contributed by atoms with Crippen LogP contribution in [-0.4, -0.2) is 43.9 Å². The average molecular weight is 272 g/mol. The van der Waals surface area contributed by atoms with Crippen molar-refractivity contribution in [3.8, 4) is 0 Å². The summed E-state index contributed by atoms with van der Waals surface area (Å²) in [6.45, 7) is 4.65. The van der Waals surface area contributed by atoms with E-state index in [2.05, 4.69) is 24.5 Å². The van der Waals surface area contributed by atoms with E-state index in [1.165, 1.54) is 13.5 Å². The lowest BCUT2D eigenvalue weighted by molar-refractivity contribution is -0.127. The maximum Gasteiger partial charge on any atom is 0.240 e. The Bertz CT molecular complexity index is 335. The summed E-state index contributed by atoms with van der Waals surface area (Å²) < 4.78 is 18.6. The minimum Gasteiger partial charge on any atom is -0.376 e. The number of halogens is 1. The van der Waals surface area contributed by atoms with Crippen LogP contribution in [0.25, 0.3) is 0 Å². The smallest absolute Gasteiger partial charge is 0.240 e. The second-order valence-electron chi connectivity index (χ2n) is 6.57. The van der Waals surface area contributed by atoms with Crippen LogP contribution in [0.15, 0.2) is 0 Å². The molecule has 0 aromatic rings. The highest BCUT2D eigenvalue weighted by Crippen LogP contribution is 2.35. The first-order chi connectivity index (χ1) is 8.93. The Hall–Kier alpha value is -0.680. The molecule has 0 spiro atoms. The molecule has 0 aromatic carbocycles. The van der Waals surface area contributed by atoms with Crippen molar-refractivity contribution in [3.63, 3.8) is 0 Å². The second-order valence-corrected chi connectivity index (χ2v) is 6.57. The minimum atomic E-state index is -1.11. The van der Waals surface area contributed by atoms with Crippen LogP contribution in [0.5, 0.6) is 0 Å². The highest BCUT2D eigenvalue weighted by atomic mass is 19.1. The first-order valence-electron chi connectivity index (χ1n) is 7.13. The fourth-order valence-electron chi connectivity index (χ4n) is 3.32. The zero-order valence-electron chi connectivity index (χ0n) is 12.0. The van der Waals surface area contributed by atoms with Crippen LogP contribution in [0, 0.1) is 5.41 Å². The van der Waals surface area contributed by atoms with E-state index in [-0.39, 0.29) is 23.9 Å². The van der Waals surface area contributed by atoms with E-state index in [4.69, 9.17) is 4.74 Å². The molecule has 1 saturated carbocycles. The molecule has 1 aliphatic heterocycles. The number of hydrogen-bond donors (Lipinski definition) is 2. The highest BCUT2D eigenvalue weighted by Gasteiger charge is 2.41. The van der Waals surface area contributed by atoms with Crippen LogP contribution in [0.2, 0.25) is 0 Å². The number of carbonyl (C=O) groups excluding carboxylic acids is 1. The molecule has 2 N–H and O–H groups in total. The Balaban J connectivity index is 1.90. The van der Waals surface area contributed by atoms with E-state index in [1.807, 2.05) is 0 Å². The molecule has 1 amide bonds. The Morgan fingerprint density at radius 3 is 2.84 bits per heavy atom. The molecule has 1 aliphatic carbocycles. The molecule has 0 bridgehead atoms. The second kappa shape index (κ2) is 5.75. The minimum absolute atomic E-state index is 0.130. The van der Waals surface area contributed by atoms with Gasteiger partial charge in [0, 0.05) is 19.7 Å². The molecule has 5 heteroatoms. The van der Waals surface area contributed by atoms with E-state index in [9.17, 15) is 9.18 Å². The predicted molar refractivity (Wildman–Crippen MR) is 71.7 cm³/mol. The summed E-state index contributed by atoms with van der Waals surface area (Å²) in [5, 5.41) is 5.96. The summed E-state index contributed by atoms with van der Waals surface area (Å²) in [5.74, 6) is -0.130. The lowest BCUT2D eigenvalue weighted by Crippen LogP contribution is -2.51. The summed E-state index contributed by atoms with van der Waals surface area (Å²) in [5.41, 5.74) is 0.280. The van der Waals surface area contributed by atoms with Crippen LogP contribution in [0.3, 0.4) is 0 Å². The van der Waals surface area contributed by atoms with Crippen molar-refractivity contribution < 1.29 is 13.9 Å². The van der Waals surface area contributed by atoms with Crippen LogP contribution >= 0.6 is 0 Å². The van der Waals surface area contributed by atoms with Gasteiger partial charge in [-0.2, -0.15) is 0 Å². The molecule has 19 heavy (non-hydrogen) atoms. The third kappa shape index (κ3) is 3.45. The largest absolute Gasteiger partial charge is 0.376 e. The van der Waals surface area contributed by atoms with Gasteiger partial charge in [-0.05, 0) is 24.7 Å². The molecule has 110 valence electrons. The monoisotopic (exact) mass is 272 g/mol. The molecule has 2 aliphatic rings. The summed E-state index contributed by atoms with van der Waals surface area (Å²) in [6, 6.07) is -0.362.